The molecule has 2 heterocycles. The van der Waals surface area contributed by atoms with E-state index in [1.54, 1.807) is 11.3 Å². The van der Waals surface area contributed by atoms with Crippen molar-refractivity contribution in [1.82, 2.24) is 4.98 Å². The van der Waals surface area contributed by atoms with Crippen LogP contribution in [0.1, 0.15) is 11.1 Å². The van der Waals surface area contributed by atoms with E-state index in [1.807, 2.05) is 18.2 Å². The first-order valence-electron chi connectivity index (χ1n) is 7.39. The van der Waals surface area contributed by atoms with Crippen molar-refractivity contribution in [1.29, 1.82) is 0 Å². The van der Waals surface area contributed by atoms with E-state index in [1.165, 1.54) is 11.1 Å². The number of benzene rings is 2. The maximum Gasteiger partial charge on any atom is 0.231 e. The van der Waals surface area contributed by atoms with Gasteiger partial charge in [0.25, 0.3) is 0 Å². The summed E-state index contributed by atoms with van der Waals surface area (Å²) in [6, 6.07) is 12.2. The van der Waals surface area contributed by atoms with Crippen LogP contribution in [0.5, 0.6) is 11.5 Å². The van der Waals surface area contributed by atoms with Crippen LogP contribution in [0.4, 0.5) is 10.8 Å². The van der Waals surface area contributed by atoms with E-state index in [4.69, 9.17) is 9.47 Å². The van der Waals surface area contributed by atoms with Gasteiger partial charge in [-0.2, -0.15) is 0 Å². The van der Waals surface area contributed by atoms with Gasteiger partial charge in [-0.15, -0.1) is 28.3 Å². The minimum Gasteiger partial charge on any atom is -0.454 e. The highest BCUT2D eigenvalue weighted by atomic mass is 79.9. The predicted molar refractivity (Wildman–Crippen MR) is 103 cm³/mol. The van der Waals surface area contributed by atoms with E-state index in [-0.39, 0.29) is 23.8 Å². The quantitative estimate of drug-likeness (QED) is 0.627. The molecule has 1 N–H and O–H groups in total. The van der Waals surface area contributed by atoms with Crippen LogP contribution in [0, 0.1) is 13.8 Å². The molecule has 124 valence electrons. The van der Waals surface area contributed by atoms with Crippen LogP contribution < -0.4 is 14.8 Å². The topological polar surface area (TPSA) is 43.4 Å². The molecule has 0 amide bonds. The molecular weight excluding hydrogens is 388 g/mol. The molecule has 0 saturated carbocycles. The van der Waals surface area contributed by atoms with Crippen molar-refractivity contribution in [3.63, 3.8) is 0 Å². The third-order valence-electron chi connectivity index (χ3n) is 3.93. The smallest absolute Gasteiger partial charge is 0.231 e. The Morgan fingerprint density at radius 1 is 1.00 bits per heavy atom. The zero-order valence-electron chi connectivity index (χ0n) is 13.3. The van der Waals surface area contributed by atoms with Crippen molar-refractivity contribution in [3.8, 4) is 22.8 Å². The van der Waals surface area contributed by atoms with E-state index in [0.717, 1.165) is 33.6 Å². The van der Waals surface area contributed by atoms with Crippen molar-refractivity contribution < 1.29 is 9.47 Å². The zero-order chi connectivity index (χ0) is 15.8. The van der Waals surface area contributed by atoms with Crippen LogP contribution in [0.3, 0.4) is 0 Å². The number of fused-ring (bicyclic) bond motifs is 1. The maximum atomic E-state index is 5.40. The number of ether oxygens (including phenoxy) is 2. The van der Waals surface area contributed by atoms with Crippen molar-refractivity contribution >= 4 is 39.1 Å². The molecule has 4 nitrogen and oxygen atoms in total. The number of hydrogen-bond acceptors (Lipinski definition) is 5. The number of nitrogens with one attached hydrogen (secondary N) is 1. The Kier molecular flexibility index (Phi) is 4.78. The first-order valence-corrected chi connectivity index (χ1v) is 8.27. The number of hydrogen-bond donors (Lipinski definition) is 1. The number of thiazole rings is 1. The van der Waals surface area contributed by atoms with Gasteiger partial charge in [0.1, 0.15) is 0 Å². The van der Waals surface area contributed by atoms with Gasteiger partial charge in [-0.1, -0.05) is 12.1 Å². The Morgan fingerprint density at radius 3 is 2.67 bits per heavy atom. The van der Waals surface area contributed by atoms with Gasteiger partial charge in [-0.05, 0) is 43.2 Å². The first-order chi connectivity index (χ1) is 11.2. The SMILES string of the molecule is Br.Cc1ccc(-c2csc(Nc3ccc4c(c3)OCO4)n2)cc1C. The normalized spacial score (nSPS) is 11.9. The molecule has 0 unspecified atom stereocenters. The molecule has 6 heteroatoms. The summed E-state index contributed by atoms with van der Waals surface area (Å²) in [5.41, 5.74) is 5.64. The summed E-state index contributed by atoms with van der Waals surface area (Å²) in [7, 11) is 0. The van der Waals surface area contributed by atoms with Crippen LogP contribution in [-0.2, 0) is 0 Å². The molecule has 3 aromatic rings. The summed E-state index contributed by atoms with van der Waals surface area (Å²) in [6.45, 7) is 4.52. The fourth-order valence-corrected chi connectivity index (χ4v) is 3.20. The summed E-state index contributed by atoms with van der Waals surface area (Å²) in [5.74, 6) is 1.55. The Morgan fingerprint density at radius 2 is 1.83 bits per heavy atom. The van der Waals surface area contributed by atoms with E-state index in [0.29, 0.717) is 0 Å². The largest absolute Gasteiger partial charge is 0.454 e. The zero-order valence-corrected chi connectivity index (χ0v) is 15.9. The predicted octanol–water partition coefficient (Wildman–Crippen LogP) is 5.48. The van der Waals surface area contributed by atoms with Crippen LogP contribution in [0.15, 0.2) is 41.8 Å². The summed E-state index contributed by atoms with van der Waals surface area (Å²) in [6.07, 6.45) is 0. The molecule has 1 aromatic heterocycles. The molecule has 1 aliphatic heterocycles. The van der Waals surface area contributed by atoms with E-state index < -0.39 is 0 Å². The second-order valence-corrected chi connectivity index (χ2v) is 6.39. The third-order valence-corrected chi connectivity index (χ3v) is 4.69. The Bertz CT molecular complexity index is 879. The maximum absolute atomic E-state index is 5.40. The highest BCUT2D eigenvalue weighted by Gasteiger charge is 2.14. The monoisotopic (exact) mass is 404 g/mol. The van der Waals surface area contributed by atoms with Gasteiger partial charge < -0.3 is 14.8 Å². The summed E-state index contributed by atoms with van der Waals surface area (Å²) in [4.78, 5) is 4.68. The number of aryl methyl sites for hydroxylation is 2. The second kappa shape index (κ2) is 6.83. The highest BCUT2D eigenvalue weighted by Crippen LogP contribution is 2.36. The van der Waals surface area contributed by atoms with Gasteiger partial charge in [-0.25, -0.2) is 4.98 Å². The molecule has 0 fully saturated rings. The number of aromatic nitrogens is 1. The molecule has 0 atom stereocenters. The lowest BCUT2D eigenvalue weighted by molar-refractivity contribution is 0.174. The molecule has 0 spiro atoms. The van der Waals surface area contributed by atoms with Crippen LogP contribution >= 0.6 is 28.3 Å². The summed E-state index contributed by atoms with van der Waals surface area (Å²) < 4.78 is 10.7. The lowest BCUT2D eigenvalue weighted by Gasteiger charge is -2.04. The molecule has 24 heavy (non-hydrogen) atoms. The fraction of sp³-hybridized carbons (Fsp3) is 0.167. The van der Waals surface area contributed by atoms with Crippen LogP contribution in [0.25, 0.3) is 11.3 Å². The number of rotatable bonds is 3. The lowest BCUT2D eigenvalue weighted by atomic mass is 10.1. The third kappa shape index (κ3) is 3.25. The van der Waals surface area contributed by atoms with Gasteiger partial charge >= 0.3 is 0 Å². The van der Waals surface area contributed by atoms with Crippen molar-refractivity contribution in [2.45, 2.75) is 13.8 Å². The molecule has 0 aliphatic carbocycles. The average molecular weight is 405 g/mol. The molecule has 0 saturated heterocycles. The number of anilines is 2. The molecule has 0 bridgehead atoms. The van der Waals surface area contributed by atoms with E-state index >= 15 is 0 Å². The van der Waals surface area contributed by atoms with E-state index in [9.17, 15) is 0 Å². The van der Waals surface area contributed by atoms with Crippen LogP contribution in [-0.4, -0.2) is 11.8 Å². The van der Waals surface area contributed by atoms with Gasteiger partial charge in [0.05, 0.1) is 5.69 Å². The Balaban J connectivity index is 0.00000169. The van der Waals surface area contributed by atoms with Crippen LogP contribution in [0.2, 0.25) is 0 Å². The fourth-order valence-electron chi connectivity index (χ4n) is 2.46. The molecule has 4 rings (SSSR count). The average Bonchev–Trinajstić information content (AvgIpc) is 3.19. The summed E-state index contributed by atoms with van der Waals surface area (Å²) >= 11 is 1.59. The molecular formula is C18H17BrN2O2S. The number of nitrogens with zero attached hydrogens (tertiary/aromatic N) is 1. The van der Waals surface area contributed by atoms with Gasteiger partial charge in [0.2, 0.25) is 6.79 Å². The van der Waals surface area contributed by atoms with Gasteiger partial charge in [-0.3, -0.25) is 0 Å². The minimum absolute atomic E-state index is 0. The Labute approximate surface area is 155 Å². The van der Waals surface area contributed by atoms with Crippen molar-refractivity contribution in [2.75, 3.05) is 12.1 Å². The van der Waals surface area contributed by atoms with Gasteiger partial charge in [0.15, 0.2) is 16.6 Å². The second-order valence-electron chi connectivity index (χ2n) is 5.53. The summed E-state index contributed by atoms with van der Waals surface area (Å²) in [5, 5.41) is 6.25. The standard InChI is InChI=1S/C18H16N2O2S.BrH/c1-11-3-4-13(7-12(11)2)15-9-23-18(20-15)19-14-5-6-16-17(8-14)22-10-21-16;/h3-9H,10H2,1-2H3,(H,19,20);1H. The minimum atomic E-state index is 0. The molecule has 1 aliphatic rings. The van der Waals surface area contributed by atoms with Crippen molar-refractivity contribution in [2.24, 2.45) is 0 Å². The number of halogens is 1. The van der Waals surface area contributed by atoms with Crippen molar-refractivity contribution in [3.05, 3.63) is 52.9 Å². The highest BCUT2D eigenvalue weighted by molar-refractivity contribution is 8.93. The molecule has 2 aromatic carbocycles. The van der Waals surface area contributed by atoms with Gasteiger partial charge in [0, 0.05) is 22.7 Å². The lowest BCUT2D eigenvalue weighted by Crippen LogP contribution is -1.93. The van der Waals surface area contributed by atoms with E-state index in [2.05, 4.69) is 47.7 Å². The first kappa shape index (κ1) is 16.8. The Hall–Kier alpha value is -2.05. The molecule has 0 radical (unpaired) electrons.